The Balaban J connectivity index is 1.94. The fraction of sp³-hybridized carbons (Fsp3) is 0.875. The van der Waals surface area contributed by atoms with Gasteiger partial charge in [0.2, 0.25) is 0 Å². The van der Waals surface area contributed by atoms with Crippen LogP contribution in [0.2, 0.25) is 16.6 Å². The summed E-state index contributed by atoms with van der Waals surface area (Å²) < 4.78 is 7.08. The summed E-state index contributed by atoms with van der Waals surface area (Å²) in [4.78, 5) is 12.2. The highest BCUT2D eigenvalue weighted by molar-refractivity contribution is 6.77. The van der Waals surface area contributed by atoms with Crippen molar-refractivity contribution in [3.8, 4) is 0 Å². The van der Waals surface area contributed by atoms with Gasteiger partial charge in [-0.3, -0.25) is 4.79 Å². The van der Waals surface area contributed by atoms with E-state index >= 15 is 0 Å². The molecule has 3 nitrogen and oxygen atoms in total. The highest BCUT2D eigenvalue weighted by Crippen LogP contribution is 2.76. The predicted octanol–water partition coefficient (Wildman–Crippen LogP) is 6.65. The molecular weight excluding hydrogens is 364 g/mol. The quantitative estimate of drug-likeness (QED) is 0.380. The first kappa shape index (κ1) is 22.1. The molecule has 5 atom stereocenters. The number of hydrogen-bond acceptors (Lipinski definition) is 2. The Morgan fingerprint density at radius 3 is 2.18 bits per heavy atom. The zero-order chi connectivity index (χ0) is 21.1. The maximum absolute atomic E-state index is 12.2. The minimum absolute atomic E-state index is 0.0625. The van der Waals surface area contributed by atoms with Gasteiger partial charge in [-0.05, 0) is 59.1 Å². The molecule has 160 valence electrons. The molecule has 0 aromatic carbocycles. The number of carboxylic acids is 1. The minimum atomic E-state index is -1.92. The van der Waals surface area contributed by atoms with Gasteiger partial charge in [0.1, 0.15) is 0 Å². The Kier molecular flexibility index (Phi) is 5.50. The summed E-state index contributed by atoms with van der Waals surface area (Å²) in [6, 6.07) is 0. The van der Waals surface area contributed by atoms with Gasteiger partial charge in [0, 0.05) is 12.0 Å². The van der Waals surface area contributed by atoms with Crippen molar-refractivity contribution < 1.29 is 14.3 Å². The smallest absolute Gasteiger partial charge is 0.307 e. The van der Waals surface area contributed by atoms with E-state index in [4.69, 9.17) is 4.43 Å². The fourth-order valence-electron chi connectivity index (χ4n) is 8.45. The Hall–Kier alpha value is -0.613. The Morgan fingerprint density at radius 2 is 1.68 bits per heavy atom. The monoisotopic (exact) mass is 406 g/mol. The van der Waals surface area contributed by atoms with Gasteiger partial charge in [-0.2, -0.15) is 0 Å². The molecule has 0 aromatic rings. The second kappa shape index (κ2) is 6.97. The van der Waals surface area contributed by atoms with Crippen molar-refractivity contribution in [3.63, 3.8) is 0 Å². The minimum Gasteiger partial charge on any atom is -0.481 e. The summed E-state index contributed by atoms with van der Waals surface area (Å²) in [5.41, 5.74) is 1.70. The third-order valence-electron chi connectivity index (χ3n) is 9.20. The van der Waals surface area contributed by atoms with Crippen LogP contribution in [-0.4, -0.2) is 26.0 Å². The van der Waals surface area contributed by atoms with Crippen LogP contribution in [0.1, 0.15) is 81.1 Å². The summed E-state index contributed by atoms with van der Waals surface area (Å²) in [7, 11) is -1.92. The van der Waals surface area contributed by atoms with Crippen LogP contribution < -0.4 is 0 Å². The molecule has 28 heavy (non-hydrogen) atoms. The van der Waals surface area contributed by atoms with E-state index in [-0.39, 0.29) is 22.2 Å². The highest BCUT2D eigenvalue weighted by atomic mass is 28.4. The van der Waals surface area contributed by atoms with Crippen LogP contribution in [0.3, 0.4) is 0 Å². The van der Waals surface area contributed by atoms with Gasteiger partial charge < -0.3 is 9.53 Å². The summed E-state index contributed by atoms with van der Waals surface area (Å²) in [5, 5.41) is 10.0. The molecule has 2 fully saturated rings. The highest BCUT2D eigenvalue weighted by Gasteiger charge is 2.72. The third kappa shape index (κ3) is 2.73. The average Bonchev–Trinajstić information content (AvgIpc) is 3.14. The Bertz CT molecular complexity index is 632. The molecule has 0 aliphatic heterocycles. The first-order valence-electron chi connectivity index (χ1n) is 11.4. The van der Waals surface area contributed by atoms with Crippen LogP contribution in [0.25, 0.3) is 0 Å². The van der Waals surface area contributed by atoms with Crippen molar-refractivity contribution in [2.75, 3.05) is 6.61 Å². The Labute approximate surface area is 173 Å². The van der Waals surface area contributed by atoms with E-state index in [2.05, 4.69) is 67.5 Å². The van der Waals surface area contributed by atoms with Crippen LogP contribution >= 0.6 is 0 Å². The zero-order valence-electron chi connectivity index (χ0n) is 19.3. The largest absolute Gasteiger partial charge is 0.481 e. The molecule has 4 heteroatoms. The van der Waals surface area contributed by atoms with Crippen molar-refractivity contribution in [1.29, 1.82) is 0 Å². The van der Waals surface area contributed by atoms with Crippen molar-refractivity contribution in [3.05, 3.63) is 12.2 Å². The van der Waals surface area contributed by atoms with Crippen LogP contribution in [0, 0.1) is 28.1 Å². The van der Waals surface area contributed by atoms with Crippen LogP contribution in [-0.2, 0) is 9.22 Å². The van der Waals surface area contributed by atoms with Gasteiger partial charge in [-0.1, -0.05) is 67.5 Å². The molecule has 2 saturated carbocycles. The lowest BCUT2D eigenvalue weighted by molar-refractivity contribution is -0.147. The average molecular weight is 407 g/mol. The van der Waals surface area contributed by atoms with Gasteiger partial charge in [0.25, 0.3) is 0 Å². The standard InChI is InChI=1S/C24H42O3Si/c1-16(2)28(17(3)4,18(5)6)27-15-22(7)14-23(8)12-9-13-24(23)19(21(25)26)10-11-20(22)24/h9,13,16-20H,10-12,14-15H2,1-8H3,(H,25,26)/t19-,20-,22+,23-,24-/m0/s1. The fourth-order valence-corrected chi connectivity index (χ4v) is 14.0. The molecule has 0 unspecified atom stereocenters. The number of aliphatic carboxylic acids is 1. The van der Waals surface area contributed by atoms with Crippen molar-refractivity contribution >= 4 is 14.3 Å². The van der Waals surface area contributed by atoms with Crippen molar-refractivity contribution in [2.24, 2.45) is 28.1 Å². The zero-order valence-corrected chi connectivity index (χ0v) is 20.3. The van der Waals surface area contributed by atoms with Crippen molar-refractivity contribution in [2.45, 2.75) is 97.7 Å². The maximum Gasteiger partial charge on any atom is 0.307 e. The molecule has 0 aromatic heterocycles. The number of carboxylic acid groups (broad SMARTS) is 1. The van der Waals surface area contributed by atoms with Gasteiger partial charge in [0.15, 0.2) is 8.32 Å². The van der Waals surface area contributed by atoms with Gasteiger partial charge in [-0.15, -0.1) is 0 Å². The van der Waals surface area contributed by atoms with E-state index in [1.165, 1.54) is 0 Å². The number of rotatable bonds is 7. The third-order valence-corrected chi connectivity index (χ3v) is 15.3. The van der Waals surface area contributed by atoms with E-state index in [9.17, 15) is 9.90 Å². The number of carbonyl (C=O) groups is 1. The molecular formula is C24H42O3Si. The van der Waals surface area contributed by atoms with Gasteiger partial charge >= 0.3 is 5.97 Å². The van der Waals surface area contributed by atoms with Crippen molar-refractivity contribution in [1.82, 2.24) is 0 Å². The molecule has 0 bridgehead atoms. The molecule has 0 heterocycles. The van der Waals surface area contributed by atoms with E-state index < -0.39 is 14.3 Å². The van der Waals surface area contributed by atoms with E-state index in [1.54, 1.807) is 0 Å². The molecule has 3 rings (SSSR count). The van der Waals surface area contributed by atoms with Crippen LogP contribution in [0.5, 0.6) is 0 Å². The summed E-state index contributed by atoms with van der Waals surface area (Å²) in [6.07, 6.45) is 8.52. The molecule has 3 aliphatic carbocycles. The van der Waals surface area contributed by atoms with Crippen LogP contribution in [0.15, 0.2) is 12.2 Å². The van der Waals surface area contributed by atoms with E-state index in [0.717, 1.165) is 32.3 Å². The molecule has 1 spiro atoms. The molecule has 0 amide bonds. The second-order valence-corrected chi connectivity index (χ2v) is 17.0. The lowest BCUT2D eigenvalue weighted by Crippen LogP contribution is -2.50. The summed E-state index contributed by atoms with van der Waals surface area (Å²) >= 11 is 0. The first-order chi connectivity index (χ1) is 12.9. The number of hydrogen-bond donors (Lipinski definition) is 1. The molecule has 0 radical (unpaired) electrons. The lowest BCUT2D eigenvalue weighted by Gasteiger charge is -2.45. The topological polar surface area (TPSA) is 46.5 Å². The molecule has 3 aliphatic rings. The normalized spacial score (nSPS) is 40.0. The lowest BCUT2D eigenvalue weighted by atomic mass is 9.61. The first-order valence-corrected chi connectivity index (χ1v) is 13.6. The summed E-state index contributed by atoms with van der Waals surface area (Å²) in [5.74, 6) is -0.408. The Morgan fingerprint density at radius 1 is 1.11 bits per heavy atom. The predicted molar refractivity (Wildman–Crippen MR) is 118 cm³/mol. The number of allylic oxidation sites excluding steroid dienone is 2. The van der Waals surface area contributed by atoms with Gasteiger partial charge in [-0.25, -0.2) is 0 Å². The molecule has 1 N–H and O–H groups in total. The van der Waals surface area contributed by atoms with E-state index in [1.807, 2.05) is 0 Å². The van der Waals surface area contributed by atoms with Gasteiger partial charge in [0.05, 0.1) is 5.92 Å². The maximum atomic E-state index is 12.2. The second-order valence-electron chi connectivity index (χ2n) is 11.6. The van der Waals surface area contributed by atoms with Crippen LogP contribution in [0.4, 0.5) is 0 Å². The SMILES string of the molecule is CC(C)[Si](OC[C@@]1(C)C[C@]2(C)CC=C[C@@]23[C@H](C(=O)O)CC[C@@H]13)(C(C)C)C(C)C. The van der Waals surface area contributed by atoms with E-state index in [0.29, 0.717) is 22.5 Å². The molecule has 0 saturated heterocycles. The summed E-state index contributed by atoms with van der Waals surface area (Å²) in [6.45, 7) is 19.6.